The Morgan fingerprint density at radius 3 is 0.854 bits per heavy atom. The van der Waals surface area contributed by atoms with E-state index in [-0.39, 0.29) is 31.6 Å². The normalized spacial score (nSPS) is 13.1. The number of carbonyl (C=O) groups is 3. The summed E-state index contributed by atoms with van der Waals surface area (Å²) in [5, 5.41) is 0. The number of esters is 3. The Bertz CT molecular complexity index is 1780. The van der Waals surface area contributed by atoms with Crippen molar-refractivity contribution in [1.29, 1.82) is 0 Å². The third-order valence-electron chi connectivity index (χ3n) is 14.1. The quantitative estimate of drug-likeness (QED) is 0.0261. The number of hydrogen-bond acceptors (Lipinski definition) is 6. The van der Waals surface area contributed by atoms with Gasteiger partial charge in [-0.25, -0.2) is 0 Å². The lowest BCUT2D eigenvalue weighted by atomic mass is 10.0. The van der Waals surface area contributed by atoms with E-state index in [4.69, 9.17) is 14.2 Å². The lowest BCUT2D eigenvalue weighted by Crippen LogP contribution is -2.30. The molecule has 82 heavy (non-hydrogen) atoms. The van der Waals surface area contributed by atoms with Gasteiger partial charge in [0.25, 0.3) is 0 Å². The van der Waals surface area contributed by atoms with Crippen molar-refractivity contribution < 1.29 is 28.6 Å². The van der Waals surface area contributed by atoms with E-state index in [1.807, 2.05) is 6.08 Å². The van der Waals surface area contributed by atoms with Crippen LogP contribution in [0.2, 0.25) is 0 Å². The molecule has 1 unspecified atom stereocenters. The lowest BCUT2D eigenvalue weighted by Gasteiger charge is -2.18. The summed E-state index contributed by atoms with van der Waals surface area (Å²) in [6.07, 6.45) is 99.0. The van der Waals surface area contributed by atoms with Crippen LogP contribution in [-0.2, 0) is 28.6 Å². The van der Waals surface area contributed by atoms with Gasteiger partial charge < -0.3 is 14.2 Å². The summed E-state index contributed by atoms with van der Waals surface area (Å²) in [6, 6.07) is 0. The van der Waals surface area contributed by atoms with Gasteiger partial charge in [-0.1, -0.05) is 321 Å². The predicted octanol–water partition coefficient (Wildman–Crippen LogP) is 23.5. The molecule has 6 nitrogen and oxygen atoms in total. The molecule has 0 bridgehead atoms. The molecule has 0 amide bonds. The molecule has 0 radical (unpaired) electrons. The van der Waals surface area contributed by atoms with E-state index < -0.39 is 12.1 Å². The molecule has 0 heterocycles. The van der Waals surface area contributed by atoms with E-state index in [2.05, 4.69) is 154 Å². The molecule has 6 heteroatoms. The molecule has 0 spiro atoms. The van der Waals surface area contributed by atoms with Gasteiger partial charge in [-0.15, -0.1) is 0 Å². The summed E-state index contributed by atoms with van der Waals surface area (Å²) in [4.78, 5) is 38.3. The highest BCUT2D eigenvalue weighted by Gasteiger charge is 2.19. The van der Waals surface area contributed by atoms with Crippen molar-refractivity contribution in [3.05, 3.63) is 146 Å². The van der Waals surface area contributed by atoms with Gasteiger partial charge in [-0.05, 0) is 103 Å². The Hall–Kier alpha value is -4.71. The van der Waals surface area contributed by atoms with Crippen LogP contribution in [0.4, 0.5) is 0 Å². The van der Waals surface area contributed by atoms with Gasteiger partial charge in [0.05, 0.1) is 6.42 Å². The van der Waals surface area contributed by atoms with Crippen LogP contribution >= 0.6 is 0 Å². The van der Waals surface area contributed by atoms with E-state index >= 15 is 0 Å². The van der Waals surface area contributed by atoms with Gasteiger partial charge in [0.2, 0.25) is 0 Å². The van der Waals surface area contributed by atoms with Crippen molar-refractivity contribution in [2.75, 3.05) is 13.2 Å². The molecule has 0 N–H and O–H groups in total. The smallest absolute Gasteiger partial charge is 0.309 e. The molecule has 0 aliphatic rings. The Balaban J connectivity index is 4.47. The largest absolute Gasteiger partial charge is 0.462 e. The zero-order valence-corrected chi connectivity index (χ0v) is 53.2. The molecule has 0 saturated carbocycles. The zero-order valence-electron chi connectivity index (χ0n) is 53.2. The Morgan fingerprint density at radius 2 is 0.524 bits per heavy atom. The van der Waals surface area contributed by atoms with Crippen LogP contribution < -0.4 is 0 Å². The first-order valence-electron chi connectivity index (χ1n) is 33.8. The SMILES string of the molecule is CC/C=C\C/C=C\C/C=C\C/C=C\C/C=C\C/C=C\C/C=C\CCCCCC(=O)OCC(COC(=O)C/C=C\C/C=C\C/C=C\C/C=C\C/C=C\CC)OC(=O)CCCCCCCCCCCCCCCCCCCCCCCCCC. The first-order valence-corrected chi connectivity index (χ1v) is 33.8. The molecular formula is C76H124O6. The van der Waals surface area contributed by atoms with E-state index in [1.165, 1.54) is 135 Å². The molecule has 0 aromatic rings. The van der Waals surface area contributed by atoms with Crippen molar-refractivity contribution in [3.8, 4) is 0 Å². The number of hydrogen-bond donors (Lipinski definition) is 0. The lowest BCUT2D eigenvalue weighted by molar-refractivity contribution is -0.166. The summed E-state index contributed by atoms with van der Waals surface area (Å²) in [6.45, 7) is 6.32. The molecule has 0 rings (SSSR count). The van der Waals surface area contributed by atoms with Gasteiger partial charge in [0.1, 0.15) is 13.2 Å². The van der Waals surface area contributed by atoms with E-state index in [0.29, 0.717) is 12.8 Å². The van der Waals surface area contributed by atoms with E-state index in [1.54, 1.807) is 6.08 Å². The highest BCUT2D eigenvalue weighted by Crippen LogP contribution is 2.17. The molecule has 464 valence electrons. The molecule has 0 aliphatic heterocycles. The second-order valence-electron chi connectivity index (χ2n) is 22.0. The van der Waals surface area contributed by atoms with Crippen LogP contribution in [0, 0.1) is 0 Å². The maximum atomic E-state index is 12.9. The third-order valence-corrected chi connectivity index (χ3v) is 14.1. The summed E-state index contributed by atoms with van der Waals surface area (Å²) < 4.78 is 16.8. The number of allylic oxidation sites excluding steroid dienone is 23. The third kappa shape index (κ3) is 66.1. The van der Waals surface area contributed by atoms with Crippen LogP contribution in [0.5, 0.6) is 0 Å². The second kappa shape index (κ2) is 68.8. The number of ether oxygens (including phenoxy) is 3. The fourth-order valence-electron chi connectivity index (χ4n) is 9.14. The topological polar surface area (TPSA) is 78.9 Å². The van der Waals surface area contributed by atoms with Crippen molar-refractivity contribution in [2.24, 2.45) is 0 Å². The first-order chi connectivity index (χ1) is 40.5. The predicted molar refractivity (Wildman–Crippen MR) is 357 cm³/mol. The summed E-state index contributed by atoms with van der Waals surface area (Å²) >= 11 is 0. The minimum atomic E-state index is -0.838. The Labute approximate surface area is 506 Å². The number of rotatable bonds is 60. The van der Waals surface area contributed by atoms with Crippen molar-refractivity contribution in [3.63, 3.8) is 0 Å². The molecule has 0 fully saturated rings. The minimum absolute atomic E-state index is 0.116. The minimum Gasteiger partial charge on any atom is -0.462 e. The van der Waals surface area contributed by atoms with Gasteiger partial charge in [0, 0.05) is 12.8 Å². The second-order valence-corrected chi connectivity index (χ2v) is 22.0. The van der Waals surface area contributed by atoms with Crippen LogP contribution in [0.15, 0.2) is 146 Å². The summed E-state index contributed by atoms with van der Waals surface area (Å²) in [5.41, 5.74) is 0. The molecule has 0 aromatic carbocycles. The highest BCUT2D eigenvalue weighted by atomic mass is 16.6. The van der Waals surface area contributed by atoms with Crippen molar-refractivity contribution in [1.82, 2.24) is 0 Å². The van der Waals surface area contributed by atoms with Gasteiger partial charge >= 0.3 is 17.9 Å². The molecule has 1 atom stereocenters. The van der Waals surface area contributed by atoms with Gasteiger partial charge in [0.15, 0.2) is 6.10 Å². The number of unbranched alkanes of at least 4 members (excludes halogenated alkanes) is 26. The zero-order chi connectivity index (χ0) is 59.2. The number of carbonyl (C=O) groups excluding carboxylic acids is 3. The fourth-order valence-corrected chi connectivity index (χ4v) is 9.14. The van der Waals surface area contributed by atoms with Gasteiger partial charge in [-0.2, -0.15) is 0 Å². The van der Waals surface area contributed by atoms with Crippen LogP contribution in [0.3, 0.4) is 0 Å². The summed E-state index contributed by atoms with van der Waals surface area (Å²) in [5.74, 6) is -1.09. The maximum absolute atomic E-state index is 12.9. The van der Waals surface area contributed by atoms with E-state index in [0.717, 1.165) is 122 Å². The van der Waals surface area contributed by atoms with Crippen LogP contribution in [0.1, 0.15) is 297 Å². The molecular weight excluding hydrogens is 1010 g/mol. The van der Waals surface area contributed by atoms with Crippen molar-refractivity contribution >= 4 is 17.9 Å². The average Bonchev–Trinajstić information content (AvgIpc) is 3.47. The fraction of sp³-hybridized carbons (Fsp3) is 0.645. The first kappa shape index (κ1) is 77.3. The molecule has 0 aromatic heterocycles. The Morgan fingerprint density at radius 1 is 0.268 bits per heavy atom. The molecule has 0 aliphatic carbocycles. The standard InChI is InChI=1S/C76H124O6/c1-4-7-10-13-16-19-22-25-28-30-32-34-36-38-40-41-43-45-48-51-54-57-60-63-66-69-75(78)81-72-73(71-80-74(77)68-65-62-59-56-53-50-47-27-24-21-18-15-12-9-6-3)82-76(79)70-67-64-61-58-55-52-49-46-44-42-39-37-35-33-31-29-26-23-20-17-14-11-8-5-2/h7,9-10,12,16,18-19,21,25,27-28,32,34,38,40,43,45,47,51,53-54,56,62,65,73H,4-6,8,11,13-15,17,20,22-24,26,29-31,33,35-37,39,41-42,44,46,48-50,52,55,57-61,63-64,66-72H2,1-3H3/b10-7-,12-9-,19-16-,21-18-,28-25-,34-32-,40-38-,45-43-,47-27-,54-51-,56-53-,65-62-. The maximum Gasteiger partial charge on any atom is 0.309 e. The van der Waals surface area contributed by atoms with Gasteiger partial charge in [-0.3, -0.25) is 14.4 Å². The molecule has 0 saturated heterocycles. The Kier molecular flexibility index (Phi) is 64.8. The van der Waals surface area contributed by atoms with Crippen LogP contribution in [0.25, 0.3) is 0 Å². The van der Waals surface area contributed by atoms with Crippen molar-refractivity contribution in [2.45, 2.75) is 303 Å². The van der Waals surface area contributed by atoms with Crippen LogP contribution in [-0.4, -0.2) is 37.2 Å². The highest BCUT2D eigenvalue weighted by molar-refractivity contribution is 5.72. The average molecular weight is 1130 g/mol. The monoisotopic (exact) mass is 1130 g/mol. The van der Waals surface area contributed by atoms with E-state index in [9.17, 15) is 14.4 Å². The summed E-state index contributed by atoms with van der Waals surface area (Å²) in [7, 11) is 0.